The van der Waals surface area contributed by atoms with Gasteiger partial charge in [-0.3, -0.25) is 4.79 Å². The zero-order valence-electron chi connectivity index (χ0n) is 14.9. The Kier molecular flexibility index (Phi) is 3.73. The molecule has 0 amide bonds. The number of ketones is 1. The number of hydrogen-bond donors (Lipinski definition) is 1. The summed E-state index contributed by atoms with van der Waals surface area (Å²) in [6.45, 7) is 5.72. The van der Waals surface area contributed by atoms with Crippen LogP contribution in [0.15, 0.2) is 30.6 Å². The molecule has 3 heterocycles. The molecule has 1 N–H and O–H groups in total. The van der Waals surface area contributed by atoms with Crippen molar-refractivity contribution in [3.8, 4) is 5.82 Å². The number of aromatic nitrogens is 6. The second kappa shape index (κ2) is 5.84. The van der Waals surface area contributed by atoms with Gasteiger partial charge in [0.2, 0.25) is 0 Å². The summed E-state index contributed by atoms with van der Waals surface area (Å²) >= 11 is 0. The minimum atomic E-state index is -0.399. The Balaban J connectivity index is 1.99. The monoisotopic (exact) mass is 352 g/mol. The van der Waals surface area contributed by atoms with Crippen LogP contribution in [0, 0.1) is 12.3 Å². The van der Waals surface area contributed by atoms with Gasteiger partial charge >= 0.3 is 0 Å². The van der Waals surface area contributed by atoms with Crippen molar-refractivity contribution in [2.45, 2.75) is 39.8 Å². The number of rotatable bonds is 3. The van der Waals surface area contributed by atoms with Gasteiger partial charge < -0.3 is 5.11 Å². The maximum atomic E-state index is 12.8. The lowest BCUT2D eigenvalue weighted by Gasteiger charge is -2.37. The third-order valence-electron chi connectivity index (χ3n) is 4.84. The highest BCUT2D eigenvalue weighted by molar-refractivity contribution is 6.00. The fourth-order valence-corrected chi connectivity index (χ4v) is 3.76. The second-order valence-electron chi connectivity index (χ2n) is 7.28. The first-order valence-corrected chi connectivity index (χ1v) is 8.48. The van der Waals surface area contributed by atoms with E-state index >= 15 is 0 Å². The molecule has 8 heteroatoms. The fraction of sp³-hybridized carbons (Fsp3) is 0.389. The first kappa shape index (κ1) is 16.6. The largest absolute Gasteiger partial charge is 0.390 e. The van der Waals surface area contributed by atoms with Gasteiger partial charge in [-0.25, -0.2) is 14.3 Å². The average Bonchev–Trinajstić information content (AvgIpc) is 3.20. The van der Waals surface area contributed by atoms with Gasteiger partial charge in [0.25, 0.3) is 0 Å². The van der Waals surface area contributed by atoms with Crippen LogP contribution in [0.2, 0.25) is 0 Å². The summed E-state index contributed by atoms with van der Waals surface area (Å²) < 4.78 is 3.45. The molecule has 0 spiro atoms. The zero-order chi connectivity index (χ0) is 18.5. The van der Waals surface area contributed by atoms with Gasteiger partial charge in [-0.05, 0) is 19.1 Å². The lowest BCUT2D eigenvalue weighted by atomic mass is 9.71. The number of aliphatic hydroxyl groups is 1. The van der Waals surface area contributed by atoms with E-state index in [1.807, 2.05) is 39.0 Å². The number of aliphatic hydroxyl groups excluding tert-OH is 1. The molecule has 8 nitrogen and oxygen atoms in total. The minimum Gasteiger partial charge on any atom is -0.390 e. The van der Waals surface area contributed by atoms with Gasteiger partial charge in [-0.2, -0.15) is 5.10 Å². The predicted molar refractivity (Wildman–Crippen MR) is 92.9 cm³/mol. The van der Waals surface area contributed by atoms with Crippen LogP contribution < -0.4 is 0 Å². The van der Waals surface area contributed by atoms with Crippen LogP contribution in [0.5, 0.6) is 0 Å². The summed E-state index contributed by atoms with van der Waals surface area (Å²) in [4.78, 5) is 17.2. The molecule has 1 aliphatic rings. The van der Waals surface area contributed by atoms with Gasteiger partial charge in [0.05, 0.1) is 29.8 Å². The number of hydrogen-bond acceptors (Lipinski definition) is 6. The molecule has 0 aliphatic heterocycles. The highest BCUT2D eigenvalue weighted by atomic mass is 16.3. The molecule has 0 aromatic carbocycles. The first-order valence-electron chi connectivity index (χ1n) is 8.48. The Morgan fingerprint density at radius 3 is 2.81 bits per heavy atom. The predicted octanol–water partition coefficient (Wildman–Crippen LogP) is 1.86. The van der Waals surface area contributed by atoms with Gasteiger partial charge in [-0.15, -0.1) is 5.10 Å². The normalized spacial score (nSPS) is 18.8. The molecule has 0 fully saturated rings. The Labute approximate surface area is 150 Å². The Bertz CT molecular complexity index is 973. The number of carbonyl (C=O) groups is 1. The maximum Gasteiger partial charge on any atom is 0.167 e. The number of Topliss-reactive ketones (excluding diaryl/α,β-unsaturated/α-hetero) is 1. The standard InChI is InChI=1S/C18H20N6O2/c1-11-15-13(26)8-18(2,3)17(23-9-12(10-25)20-22-23)16(15)24(21-11)14-6-4-5-7-19-14/h4-7,9,17,25H,8,10H2,1-3H3. The summed E-state index contributed by atoms with van der Waals surface area (Å²) in [5, 5.41) is 22.2. The molecular weight excluding hydrogens is 332 g/mol. The molecule has 1 atom stereocenters. The molecule has 3 aromatic rings. The number of aryl methyl sites for hydroxylation is 1. The van der Waals surface area contributed by atoms with E-state index in [1.165, 1.54) is 0 Å². The van der Waals surface area contributed by atoms with Crippen LogP contribution >= 0.6 is 0 Å². The van der Waals surface area contributed by atoms with E-state index in [0.717, 1.165) is 5.69 Å². The third kappa shape index (κ3) is 2.45. The van der Waals surface area contributed by atoms with E-state index in [9.17, 15) is 9.90 Å². The van der Waals surface area contributed by atoms with E-state index in [1.54, 1.807) is 21.8 Å². The van der Waals surface area contributed by atoms with E-state index in [-0.39, 0.29) is 18.4 Å². The van der Waals surface area contributed by atoms with Crippen molar-refractivity contribution in [1.29, 1.82) is 0 Å². The number of fused-ring (bicyclic) bond motifs is 1. The molecule has 4 rings (SSSR count). The molecule has 26 heavy (non-hydrogen) atoms. The van der Waals surface area contributed by atoms with Crippen LogP contribution in [0.25, 0.3) is 5.82 Å². The lowest BCUT2D eigenvalue weighted by Crippen LogP contribution is -2.37. The summed E-state index contributed by atoms with van der Waals surface area (Å²) in [6.07, 6.45) is 3.80. The molecule has 134 valence electrons. The van der Waals surface area contributed by atoms with Crippen LogP contribution in [-0.4, -0.2) is 40.6 Å². The van der Waals surface area contributed by atoms with Crippen molar-refractivity contribution in [3.63, 3.8) is 0 Å². The summed E-state index contributed by atoms with van der Waals surface area (Å²) in [5.74, 6) is 0.721. The second-order valence-corrected chi connectivity index (χ2v) is 7.28. The van der Waals surface area contributed by atoms with E-state index < -0.39 is 5.41 Å². The SMILES string of the molecule is Cc1nn(-c2ccccn2)c2c1C(=O)CC(C)(C)C2n1cc(CO)nn1. The van der Waals surface area contributed by atoms with Gasteiger partial charge in [0, 0.05) is 18.0 Å². The smallest absolute Gasteiger partial charge is 0.167 e. The van der Waals surface area contributed by atoms with Crippen molar-refractivity contribution in [2.75, 3.05) is 0 Å². The topological polar surface area (TPSA) is 98.7 Å². The van der Waals surface area contributed by atoms with Crippen LogP contribution in [0.4, 0.5) is 0 Å². The Morgan fingerprint density at radius 2 is 2.15 bits per heavy atom. The van der Waals surface area contributed by atoms with Crippen molar-refractivity contribution in [1.82, 2.24) is 29.8 Å². The van der Waals surface area contributed by atoms with Crippen molar-refractivity contribution >= 4 is 5.78 Å². The molecule has 0 saturated heterocycles. The van der Waals surface area contributed by atoms with Gasteiger partial charge in [0.1, 0.15) is 11.7 Å². The average molecular weight is 352 g/mol. The number of carbonyl (C=O) groups excluding carboxylic acids is 1. The quantitative estimate of drug-likeness (QED) is 0.772. The van der Waals surface area contributed by atoms with E-state index in [2.05, 4.69) is 20.4 Å². The van der Waals surface area contributed by atoms with Crippen LogP contribution in [0.1, 0.15) is 53.7 Å². The van der Waals surface area contributed by atoms with E-state index in [4.69, 9.17) is 0 Å². The summed E-state index contributed by atoms with van der Waals surface area (Å²) in [7, 11) is 0. The summed E-state index contributed by atoms with van der Waals surface area (Å²) in [6, 6.07) is 5.32. The zero-order valence-corrected chi connectivity index (χ0v) is 14.9. The molecule has 0 saturated carbocycles. The van der Waals surface area contributed by atoms with Crippen LogP contribution in [-0.2, 0) is 6.61 Å². The molecule has 0 radical (unpaired) electrons. The molecule has 1 aliphatic carbocycles. The summed E-state index contributed by atoms with van der Waals surface area (Å²) in [5.41, 5.74) is 2.15. The Morgan fingerprint density at radius 1 is 1.35 bits per heavy atom. The van der Waals surface area contributed by atoms with E-state index in [0.29, 0.717) is 29.2 Å². The van der Waals surface area contributed by atoms with Crippen molar-refractivity contribution in [2.24, 2.45) is 5.41 Å². The van der Waals surface area contributed by atoms with Crippen molar-refractivity contribution < 1.29 is 9.90 Å². The molecule has 1 unspecified atom stereocenters. The lowest BCUT2D eigenvalue weighted by molar-refractivity contribution is 0.0854. The van der Waals surface area contributed by atoms with Crippen molar-refractivity contribution in [3.05, 3.63) is 53.2 Å². The molecule has 0 bridgehead atoms. The number of pyridine rings is 1. The Hall–Kier alpha value is -2.87. The minimum absolute atomic E-state index is 0.0726. The molecule has 3 aromatic heterocycles. The highest BCUT2D eigenvalue weighted by Crippen LogP contribution is 2.46. The maximum absolute atomic E-state index is 12.8. The van der Waals surface area contributed by atoms with Gasteiger partial charge in [0.15, 0.2) is 11.6 Å². The first-order chi connectivity index (χ1) is 12.4. The van der Waals surface area contributed by atoms with Gasteiger partial charge in [-0.1, -0.05) is 25.1 Å². The number of nitrogens with zero attached hydrogens (tertiary/aromatic N) is 6. The van der Waals surface area contributed by atoms with Crippen LogP contribution in [0.3, 0.4) is 0 Å². The third-order valence-corrected chi connectivity index (χ3v) is 4.84. The highest BCUT2D eigenvalue weighted by Gasteiger charge is 2.46. The molecular formula is C18H20N6O2. The fourth-order valence-electron chi connectivity index (χ4n) is 3.76.